The zero-order valence-corrected chi connectivity index (χ0v) is 16.6. The standard InChI is InChI=1S/C22H27NO4/c1-15-6-9-18(26-5)12-19(15)20(24)13-23-21(25)14-27-17-10-7-16(8-11-17)22(2,3)4/h6-12H,13-14H2,1-5H3,(H,23,25). The molecule has 0 aliphatic carbocycles. The Balaban J connectivity index is 1.85. The third kappa shape index (κ3) is 5.84. The third-order valence-corrected chi connectivity index (χ3v) is 4.28. The van der Waals surface area contributed by atoms with E-state index in [1.807, 2.05) is 37.3 Å². The number of rotatable bonds is 7. The predicted octanol–water partition coefficient (Wildman–Crippen LogP) is 3.68. The van der Waals surface area contributed by atoms with Crippen molar-refractivity contribution in [2.45, 2.75) is 33.1 Å². The van der Waals surface area contributed by atoms with E-state index in [0.717, 1.165) is 5.56 Å². The minimum Gasteiger partial charge on any atom is -0.497 e. The SMILES string of the molecule is COc1ccc(C)c(C(=O)CNC(=O)COc2ccc(C(C)(C)C)cc2)c1. The molecule has 0 aliphatic heterocycles. The van der Waals surface area contributed by atoms with Gasteiger partial charge in [-0.2, -0.15) is 0 Å². The van der Waals surface area contributed by atoms with Gasteiger partial charge in [-0.1, -0.05) is 39.0 Å². The van der Waals surface area contributed by atoms with Crippen molar-refractivity contribution in [1.82, 2.24) is 5.32 Å². The van der Waals surface area contributed by atoms with Gasteiger partial charge in [0, 0.05) is 5.56 Å². The quantitative estimate of drug-likeness (QED) is 0.756. The van der Waals surface area contributed by atoms with E-state index < -0.39 is 0 Å². The summed E-state index contributed by atoms with van der Waals surface area (Å²) in [6.07, 6.45) is 0. The maximum atomic E-state index is 12.3. The molecule has 1 N–H and O–H groups in total. The largest absolute Gasteiger partial charge is 0.497 e. The van der Waals surface area contributed by atoms with Crippen LogP contribution < -0.4 is 14.8 Å². The molecule has 144 valence electrons. The number of Topliss-reactive ketones (excluding diaryl/α,β-unsaturated/α-hetero) is 1. The smallest absolute Gasteiger partial charge is 0.258 e. The van der Waals surface area contributed by atoms with Gasteiger partial charge in [0.1, 0.15) is 11.5 Å². The minimum atomic E-state index is -0.344. The third-order valence-electron chi connectivity index (χ3n) is 4.28. The van der Waals surface area contributed by atoms with E-state index in [1.165, 1.54) is 5.56 Å². The van der Waals surface area contributed by atoms with Crippen LogP contribution in [0.25, 0.3) is 0 Å². The summed E-state index contributed by atoms with van der Waals surface area (Å²) in [5.41, 5.74) is 2.63. The zero-order valence-electron chi connectivity index (χ0n) is 16.6. The summed E-state index contributed by atoms with van der Waals surface area (Å²) in [7, 11) is 1.55. The number of hydrogen-bond donors (Lipinski definition) is 1. The summed E-state index contributed by atoms with van der Waals surface area (Å²) < 4.78 is 10.6. The molecule has 5 nitrogen and oxygen atoms in total. The zero-order chi connectivity index (χ0) is 20.0. The Hall–Kier alpha value is -2.82. The lowest BCUT2D eigenvalue weighted by atomic mass is 9.87. The molecule has 0 atom stereocenters. The maximum Gasteiger partial charge on any atom is 0.258 e. The number of hydrogen-bond acceptors (Lipinski definition) is 4. The van der Waals surface area contributed by atoms with E-state index >= 15 is 0 Å². The number of benzene rings is 2. The summed E-state index contributed by atoms with van der Waals surface area (Å²) in [5, 5.41) is 2.60. The molecule has 0 heterocycles. The Bertz CT molecular complexity index is 804. The van der Waals surface area contributed by atoms with Crippen molar-refractivity contribution in [3.05, 3.63) is 59.2 Å². The highest BCUT2D eigenvalue weighted by atomic mass is 16.5. The summed E-state index contributed by atoms with van der Waals surface area (Å²) in [4.78, 5) is 24.3. The van der Waals surface area contributed by atoms with E-state index in [2.05, 4.69) is 26.1 Å². The fourth-order valence-electron chi connectivity index (χ4n) is 2.55. The molecule has 0 aromatic heterocycles. The van der Waals surface area contributed by atoms with Crippen molar-refractivity contribution in [1.29, 1.82) is 0 Å². The van der Waals surface area contributed by atoms with Crippen LogP contribution in [0, 0.1) is 6.92 Å². The Morgan fingerprint density at radius 2 is 1.63 bits per heavy atom. The number of methoxy groups -OCH3 is 1. The van der Waals surface area contributed by atoms with Gasteiger partial charge in [-0.3, -0.25) is 9.59 Å². The van der Waals surface area contributed by atoms with E-state index in [9.17, 15) is 9.59 Å². The van der Waals surface area contributed by atoms with E-state index in [1.54, 1.807) is 19.2 Å². The Kier molecular flexibility index (Phi) is 6.61. The number of nitrogens with one attached hydrogen (secondary N) is 1. The predicted molar refractivity (Wildman–Crippen MR) is 106 cm³/mol. The summed E-state index contributed by atoms with van der Waals surface area (Å²) in [6, 6.07) is 13.0. The Morgan fingerprint density at radius 3 is 2.22 bits per heavy atom. The molecule has 0 bridgehead atoms. The number of ketones is 1. The molecule has 5 heteroatoms. The fraction of sp³-hybridized carbons (Fsp3) is 0.364. The lowest BCUT2D eigenvalue weighted by molar-refractivity contribution is -0.122. The summed E-state index contributed by atoms with van der Waals surface area (Å²) >= 11 is 0. The molecule has 0 saturated heterocycles. The van der Waals surface area contributed by atoms with Gasteiger partial charge in [0.15, 0.2) is 12.4 Å². The van der Waals surface area contributed by atoms with Gasteiger partial charge < -0.3 is 14.8 Å². The Morgan fingerprint density at radius 1 is 1.00 bits per heavy atom. The molecule has 1 amide bonds. The molecular formula is C22H27NO4. The summed E-state index contributed by atoms with van der Waals surface area (Å²) in [5.74, 6) is 0.712. The number of carbonyl (C=O) groups is 2. The lowest BCUT2D eigenvalue weighted by Gasteiger charge is -2.19. The Labute approximate surface area is 160 Å². The maximum absolute atomic E-state index is 12.3. The molecule has 0 aliphatic rings. The fourth-order valence-corrected chi connectivity index (χ4v) is 2.55. The second kappa shape index (κ2) is 8.71. The van der Waals surface area contributed by atoms with Crippen LogP contribution in [0.5, 0.6) is 11.5 Å². The van der Waals surface area contributed by atoms with Crippen LogP contribution >= 0.6 is 0 Å². The highest BCUT2D eigenvalue weighted by Gasteiger charge is 2.14. The molecule has 2 rings (SSSR count). The molecule has 2 aromatic carbocycles. The van der Waals surface area contributed by atoms with Crippen molar-refractivity contribution in [3.8, 4) is 11.5 Å². The second-order valence-corrected chi connectivity index (χ2v) is 7.44. The van der Waals surface area contributed by atoms with Gasteiger partial charge in [-0.25, -0.2) is 0 Å². The van der Waals surface area contributed by atoms with Gasteiger partial charge in [-0.15, -0.1) is 0 Å². The van der Waals surface area contributed by atoms with Crippen molar-refractivity contribution in [2.24, 2.45) is 0 Å². The number of carbonyl (C=O) groups excluding carboxylic acids is 2. The molecule has 0 fully saturated rings. The van der Waals surface area contributed by atoms with Gasteiger partial charge >= 0.3 is 0 Å². The first-order chi connectivity index (χ1) is 12.7. The van der Waals surface area contributed by atoms with Crippen LogP contribution in [0.1, 0.15) is 42.3 Å². The highest BCUT2D eigenvalue weighted by Crippen LogP contribution is 2.24. The number of aryl methyl sites for hydroxylation is 1. The average molecular weight is 369 g/mol. The van der Waals surface area contributed by atoms with Crippen LogP contribution in [-0.2, 0) is 10.2 Å². The monoisotopic (exact) mass is 369 g/mol. The van der Waals surface area contributed by atoms with Crippen LogP contribution in [0.3, 0.4) is 0 Å². The van der Waals surface area contributed by atoms with E-state index in [-0.39, 0.29) is 30.3 Å². The number of amides is 1. The first-order valence-electron chi connectivity index (χ1n) is 8.88. The van der Waals surface area contributed by atoms with Crippen LogP contribution in [0.4, 0.5) is 0 Å². The molecule has 27 heavy (non-hydrogen) atoms. The van der Waals surface area contributed by atoms with Gasteiger partial charge in [0.05, 0.1) is 13.7 Å². The van der Waals surface area contributed by atoms with E-state index in [0.29, 0.717) is 17.1 Å². The lowest BCUT2D eigenvalue weighted by Crippen LogP contribution is -2.33. The minimum absolute atomic E-state index is 0.0640. The van der Waals surface area contributed by atoms with Crippen molar-refractivity contribution < 1.29 is 19.1 Å². The first-order valence-corrected chi connectivity index (χ1v) is 8.88. The van der Waals surface area contributed by atoms with Crippen molar-refractivity contribution in [3.63, 3.8) is 0 Å². The molecule has 0 saturated carbocycles. The molecular weight excluding hydrogens is 342 g/mol. The second-order valence-electron chi connectivity index (χ2n) is 7.44. The highest BCUT2D eigenvalue weighted by molar-refractivity contribution is 6.00. The van der Waals surface area contributed by atoms with Crippen LogP contribution in [0.15, 0.2) is 42.5 Å². The first kappa shape index (κ1) is 20.5. The van der Waals surface area contributed by atoms with Crippen LogP contribution in [0.2, 0.25) is 0 Å². The summed E-state index contributed by atoms with van der Waals surface area (Å²) in [6.45, 7) is 8.03. The van der Waals surface area contributed by atoms with E-state index in [4.69, 9.17) is 9.47 Å². The average Bonchev–Trinajstić information content (AvgIpc) is 2.64. The topological polar surface area (TPSA) is 64.6 Å². The molecule has 0 unspecified atom stereocenters. The van der Waals surface area contributed by atoms with Crippen molar-refractivity contribution in [2.75, 3.05) is 20.3 Å². The van der Waals surface area contributed by atoms with Gasteiger partial charge in [0.2, 0.25) is 0 Å². The molecule has 0 radical (unpaired) electrons. The van der Waals surface area contributed by atoms with Crippen molar-refractivity contribution >= 4 is 11.7 Å². The molecule has 0 spiro atoms. The van der Waals surface area contributed by atoms with Gasteiger partial charge in [0.25, 0.3) is 5.91 Å². The van der Waals surface area contributed by atoms with Crippen LogP contribution in [-0.4, -0.2) is 32.0 Å². The molecule has 2 aromatic rings. The number of ether oxygens (including phenoxy) is 2. The normalized spacial score (nSPS) is 11.0. The van der Waals surface area contributed by atoms with Gasteiger partial charge in [-0.05, 0) is 47.7 Å².